The van der Waals surface area contributed by atoms with Crippen molar-refractivity contribution in [2.45, 2.75) is 25.7 Å². The summed E-state index contributed by atoms with van der Waals surface area (Å²) in [7, 11) is 4.20. The maximum Gasteiger partial charge on any atom is 0.322 e. The van der Waals surface area contributed by atoms with Crippen LogP contribution in [0, 0.1) is 0 Å². The second kappa shape index (κ2) is 9.30. The molecule has 0 spiro atoms. The van der Waals surface area contributed by atoms with Gasteiger partial charge >= 0.3 is 6.01 Å². The highest BCUT2D eigenvalue weighted by molar-refractivity contribution is 6.32. The second-order valence-electron chi connectivity index (χ2n) is 8.17. The largest absolute Gasteiger partial charge is 0.479 e. The third kappa shape index (κ3) is 4.54. The zero-order chi connectivity index (χ0) is 24.5. The number of anilines is 2. The molecule has 3 aromatic rings. The van der Waals surface area contributed by atoms with Crippen LogP contribution in [0.4, 0.5) is 11.4 Å². The van der Waals surface area contributed by atoms with Crippen molar-refractivity contribution < 1.29 is 28.2 Å². The van der Waals surface area contributed by atoms with Crippen molar-refractivity contribution in [3.8, 4) is 29.5 Å². The van der Waals surface area contributed by atoms with Crippen LogP contribution >= 0.6 is 11.6 Å². The Morgan fingerprint density at radius 3 is 2.47 bits per heavy atom. The normalized spacial score (nSPS) is 13.9. The van der Waals surface area contributed by atoms with E-state index in [-0.39, 0.29) is 40.6 Å². The summed E-state index contributed by atoms with van der Waals surface area (Å²) in [5, 5.41) is 6.43. The average Bonchev–Trinajstić information content (AvgIpc) is 3.28. The molecule has 1 aliphatic rings. The molecule has 0 saturated carbocycles. The van der Waals surface area contributed by atoms with E-state index in [0.717, 1.165) is 24.2 Å². The maximum atomic E-state index is 12.8. The SMILES string of the molecule is COc1nc(OC)c(NC(=O)c2ccc(Oc3cc4c(cc3Cl)NCCC4(C)C)o2)c(OC)n1. The van der Waals surface area contributed by atoms with E-state index in [1.54, 1.807) is 0 Å². The molecule has 4 rings (SSSR count). The molecular weight excluding hydrogens is 464 g/mol. The topological polar surface area (TPSA) is 117 Å². The third-order valence-corrected chi connectivity index (χ3v) is 5.81. The lowest BCUT2D eigenvalue weighted by Gasteiger charge is -2.33. The first-order chi connectivity index (χ1) is 16.2. The van der Waals surface area contributed by atoms with Gasteiger partial charge in [0, 0.05) is 18.3 Å². The lowest BCUT2D eigenvalue weighted by Crippen LogP contribution is -2.28. The van der Waals surface area contributed by atoms with Gasteiger partial charge in [0.25, 0.3) is 11.9 Å². The molecule has 0 fully saturated rings. The molecule has 0 aliphatic carbocycles. The number of amides is 1. The first kappa shape index (κ1) is 23.5. The number of methoxy groups -OCH3 is 3. The van der Waals surface area contributed by atoms with Gasteiger partial charge in [0.15, 0.2) is 11.4 Å². The summed E-state index contributed by atoms with van der Waals surface area (Å²) in [5.74, 6) is 0.0891. The van der Waals surface area contributed by atoms with Crippen molar-refractivity contribution in [1.29, 1.82) is 0 Å². The lowest BCUT2D eigenvalue weighted by molar-refractivity contribution is 0.0990. The van der Waals surface area contributed by atoms with Crippen LogP contribution in [0.15, 0.2) is 28.7 Å². The van der Waals surface area contributed by atoms with E-state index >= 15 is 0 Å². The molecule has 10 nitrogen and oxygen atoms in total. The number of carbonyl (C=O) groups is 1. The van der Waals surface area contributed by atoms with Crippen molar-refractivity contribution in [2.75, 3.05) is 38.5 Å². The van der Waals surface area contributed by atoms with Crippen molar-refractivity contribution in [1.82, 2.24) is 9.97 Å². The standard InChI is InChI=1S/C23H25ClN4O6/c1-23(2)8-9-25-14-11-13(24)16(10-12(14)23)34-17-7-6-15(33-17)19(29)26-18-20(30-3)27-22(32-5)28-21(18)31-4/h6-7,10-11,25H,8-9H2,1-5H3,(H,26,29). The monoisotopic (exact) mass is 488 g/mol. The Bertz CT molecular complexity index is 1200. The summed E-state index contributed by atoms with van der Waals surface area (Å²) < 4.78 is 26.9. The molecular formula is C23H25ClN4O6. The van der Waals surface area contributed by atoms with Crippen molar-refractivity contribution in [3.63, 3.8) is 0 Å². The molecule has 0 radical (unpaired) electrons. The van der Waals surface area contributed by atoms with Crippen LogP contribution in [-0.2, 0) is 5.41 Å². The Morgan fingerprint density at radius 2 is 1.82 bits per heavy atom. The van der Waals surface area contributed by atoms with Crippen LogP contribution in [-0.4, -0.2) is 43.7 Å². The van der Waals surface area contributed by atoms with Gasteiger partial charge in [-0.2, -0.15) is 9.97 Å². The van der Waals surface area contributed by atoms with Crippen LogP contribution in [0.1, 0.15) is 36.4 Å². The molecule has 1 aromatic carbocycles. The predicted molar refractivity (Wildman–Crippen MR) is 126 cm³/mol. The van der Waals surface area contributed by atoms with E-state index in [4.69, 9.17) is 35.0 Å². The number of hydrogen-bond acceptors (Lipinski definition) is 9. The minimum absolute atomic E-state index is 0.00833. The Balaban J connectivity index is 1.56. The Morgan fingerprint density at radius 1 is 1.12 bits per heavy atom. The van der Waals surface area contributed by atoms with Gasteiger partial charge in [-0.1, -0.05) is 25.4 Å². The van der Waals surface area contributed by atoms with E-state index in [1.165, 1.54) is 33.5 Å². The zero-order valence-electron chi connectivity index (χ0n) is 19.4. The van der Waals surface area contributed by atoms with Crippen LogP contribution in [0.25, 0.3) is 0 Å². The van der Waals surface area contributed by atoms with E-state index in [1.807, 2.05) is 12.1 Å². The van der Waals surface area contributed by atoms with Crippen molar-refractivity contribution in [2.24, 2.45) is 0 Å². The fourth-order valence-electron chi connectivity index (χ4n) is 3.66. The summed E-state index contributed by atoms with van der Waals surface area (Å²) >= 11 is 6.43. The third-order valence-electron chi connectivity index (χ3n) is 5.51. The van der Waals surface area contributed by atoms with Gasteiger partial charge in [-0.25, -0.2) is 0 Å². The lowest BCUT2D eigenvalue weighted by atomic mass is 9.78. The number of ether oxygens (including phenoxy) is 4. The number of fused-ring (bicyclic) bond motifs is 1. The van der Waals surface area contributed by atoms with Gasteiger partial charge in [0.05, 0.1) is 26.4 Å². The minimum Gasteiger partial charge on any atom is -0.479 e. The van der Waals surface area contributed by atoms with E-state index in [9.17, 15) is 4.79 Å². The predicted octanol–water partition coefficient (Wildman–Crippen LogP) is 4.89. The van der Waals surface area contributed by atoms with Gasteiger partial charge in [0.1, 0.15) is 5.75 Å². The number of benzene rings is 1. The van der Waals surface area contributed by atoms with E-state index in [2.05, 4.69) is 34.4 Å². The van der Waals surface area contributed by atoms with Gasteiger partial charge in [-0.05, 0) is 35.6 Å². The number of carbonyl (C=O) groups excluding carboxylic acids is 1. The molecule has 0 bridgehead atoms. The molecule has 0 saturated heterocycles. The number of furan rings is 1. The summed E-state index contributed by atoms with van der Waals surface area (Å²) in [4.78, 5) is 20.9. The highest BCUT2D eigenvalue weighted by Crippen LogP contribution is 2.43. The van der Waals surface area contributed by atoms with Crippen molar-refractivity contribution >= 4 is 28.9 Å². The number of rotatable bonds is 7. The summed E-state index contributed by atoms with van der Waals surface area (Å²) in [6.45, 7) is 5.22. The van der Waals surface area contributed by atoms with Crippen LogP contribution in [0.2, 0.25) is 5.02 Å². The molecule has 0 unspecified atom stereocenters. The molecule has 1 amide bonds. The minimum atomic E-state index is -0.581. The number of halogens is 1. The quantitative estimate of drug-likeness (QED) is 0.479. The summed E-state index contributed by atoms with van der Waals surface area (Å²) in [6, 6.07) is 6.78. The molecule has 0 atom stereocenters. The van der Waals surface area contributed by atoms with Gasteiger partial charge in [-0.15, -0.1) is 0 Å². The Hall–Kier alpha value is -3.66. The molecule has 3 heterocycles. The second-order valence-corrected chi connectivity index (χ2v) is 8.57. The molecule has 11 heteroatoms. The fraction of sp³-hybridized carbons (Fsp3) is 0.348. The maximum absolute atomic E-state index is 12.8. The first-order valence-electron chi connectivity index (χ1n) is 10.5. The highest BCUT2D eigenvalue weighted by atomic mass is 35.5. The van der Waals surface area contributed by atoms with Gasteiger partial charge in [-0.3, -0.25) is 4.79 Å². The summed E-state index contributed by atoms with van der Waals surface area (Å²) in [5.41, 5.74) is 2.18. The fourth-order valence-corrected chi connectivity index (χ4v) is 3.86. The van der Waals surface area contributed by atoms with Gasteiger partial charge in [0.2, 0.25) is 11.8 Å². The van der Waals surface area contributed by atoms with Crippen LogP contribution in [0.3, 0.4) is 0 Å². The van der Waals surface area contributed by atoms with E-state index < -0.39 is 5.91 Å². The smallest absolute Gasteiger partial charge is 0.322 e. The van der Waals surface area contributed by atoms with Crippen LogP contribution < -0.4 is 29.6 Å². The van der Waals surface area contributed by atoms with Gasteiger partial charge < -0.3 is 34.0 Å². The molecule has 2 N–H and O–H groups in total. The number of aromatic nitrogens is 2. The Labute approximate surface area is 201 Å². The number of nitrogens with one attached hydrogen (secondary N) is 2. The molecule has 34 heavy (non-hydrogen) atoms. The average molecular weight is 489 g/mol. The highest BCUT2D eigenvalue weighted by Gasteiger charge is 2.29. The number of nitrogens with zero attached hydrogens (tertiary/aromatic N) is 2. The first-order valence-corrected chi connectivity index (χ1v) is 10.8. The zero-order valence-corrected chi connectivity index (χ0v) is 20.2. The molecule has 2 aromatic heterocycles. The Kier molecular flexibility index (Phi) is 6.43. The molecule has 1 aliphatic heterocycles. The van der Waals surface area contributed by atoms with Crippen LogP contribution in [0.5, 0.6) is 29.5 Å². The number of hydrogen-bond donors (Lipinski definition) is 2. The van der Waals surface area contributed by atoms with E-state index in [0.29, 0.717) is 10.8 Å². The van der Waals surface area contributed by atoms with Crippen molar-refractivity contribution in [3.05, 3.63) is 40.6 Å². The summed E-state index contributed by atoms with van der Waals surface area (Å²) in [6.07, 6.45) is 0.980. The molecule has 180 valence electrons.